The Morgan fingerprint density at radius 2 is 1.89 bits per heavy atom. The predicted octanol–water partition coefficient (Wildman–Crippen LogP) is 1.64. The summed E-state index contributed by atoms with van der Waals surface area (Å²) in [6.45, 7) is 6.28. The zero-order chi connectivity index (χ0) is 19.4. The largest absolute Gasteiger partial charge is 0.379 e. The van der Waals surface area contributed by atoms with Gasteiger partial charge in [-0.3, -0.25) is 4.90 Å². The van der Waals surface area contributed by atoms with Crippen LogP contribution in [-0.2, 0) is 27.6 Å². The van der Waals surface area contributed by atoms with E-state index in [-0.39, 0.29) is 6.04 Å². The van der Waals surface area contributed by atoms with Crippen LogP contribution in [0.15, 0.2) is 23.1 Å². The van der Waals surface area contributed by atoms with Gasteiger partial charge in [-0.2, -0.15) is 4.31 Å². The molecule has 1 aromatic rings. The van der Waals surface area contributed by atoms with Gasteiger partial charge in [0, 0.05) is 38.8 Å². The monoisotopic (exact) mass is 407 g/mol. The van der Waals surface area contributed by atoms with Gasteiger partial charge in [-0.1, -0.05) is 6.07 Å². The van der Waals surface area contributed by atoms with Crippen LogP contribution in [0.4, 0.5) is 0 Å². The molecule has 1 unspecified atom stereocenters. The van der Waals surface area contributed by atoms with Crippen molar-refractivity contribution in [3.8, 4) is 0 Å². The molecule has 1 atom stereocenters. The highest BCUT2D eigenvalue weighted by Crippen LogP contribution is 2.27. The van der Waals surface area contributed by atoms with Crippen molar-refractivity contribution in [2.24, 2.45) is 0 Å². The molecule has 0 radical (unpaired) electrons. The number of morpholine rings is 1. The second kappa shape index (κ2) is 9.22. The topological polar surface area (TPSA) is 61.9 Å². The van der Waals surface area contributed by atoms with Crippen LogP contribution in [-0.4, -0.2) is 76.1 Å². The second-order valence-electron chi connectivity index (χ2n) is 8.21. The number of ether oxygens (including phenoxy) is 1. The predicted molar refractivity (Wildman–Crippen MR) is 110 cm³/mol. The summed E-state index contributed by atoms with van der Waals surface area (Å²) in [7, 11) is -3.50. The Labute approximate surface area is 169 Å². The molecule has 1 aromatic carbocycles. The summed E-state index contributed by atoms with van der Waals surface area (Å²) in [5, 5.41) is 3.39. The van der Waals surface area contributed by atoms with Crippen molar-refractivity contribution in [2.75, 3.05) is 52.5 Å². The van der Waals surface area contributed by atoms with E-state index in [4.69, 9.17) is 4.74 Å². The van der Waals surface area contributed by atoms with Crippen LogP contribution < -0.4 is 5.32 Å². The lowest BCUT2D eigenvalue weighted by atomic mass is 9.92. The number of aryl methyl sites for hydroxylation is 2. The van der Waals surface area contributed by atoms with Gasteiger partial charge in [0.05, 0.1) is 18.1 Å². The van der Waals surface area contributed by atoms with Gasteiger partial charge in [0.25, 0.3) is 0 Å². The number of hydrogen-bond donors (Lipinski definition) is 1. The Hall–Kier alpha value is -0.990. The molecule has 7 heteroatoms. The molecule has 0 spiro atoms. The van der Waals surface area contributed by atoms with E-state index >= 15 is 0 Å². The zero-order valence-electron chi connectivity index (χ0n) is 16.7. The first-order valence-corrected chi connectivity index (χ1v) is 12.2. The first-order chi connectivity index (χ1) is 13.6. The van der Waals surface area contributed by atoms with Crippen LogP contribution in [0.25, 0.3) is 0 Å². The summed E-state index contributed by atoms with van der Waals surface area (Å²) in [5.41, 5.74) is 2.55. The van der Waals surface area contributed by atoms with Crippen LogP contribution >= 0.6 is 0 Å². The molecule has 1 aliphatic carbocycles. The van der Waals surface area contributed by atoms with Crippen LogP contribution in [0.2, 0.25) is 0 Å². The normalized spacial score (nSPS) is 24.2. The number of piperidine rings is 1. The average Bonchev–Trinajstić information content (AvgIpc) is 2.75. The van der Waals surface area contributed by atoms with E-state index < -0.39 is 10.0 Å². The van der Waals surface area contributed by atoms with Crippen LogP contribution in [0, 0.1) is 0 Å². The van der Waals surface area contributed by atoms with E-state index in [2.05, 4.69) is 10.2 Å². The van der Waals surface area contributed by atoms with Gasteiger partial charge in [-0.15, -0.1) is 0 Å². The molecule has 1 N–H and O–H groups in total. The van der Waals surface area contributed by atoms with E-state index in [1.165, 1.54) is 17.5 Å². The molecule has 0 saturated carbocycles. The molecule has 4 rings (SSSR count). The highest BCUT2D eigenvalue weighted by Gasteiger charge is 2.33. The summed E-state index contributed by atoms with van der Waals surface area (Å²) in [6, 6.07) is 5.86. The molecule has 3 aliphatic rings. The molecule has 156 valence electrons. The van der Waals surface area contributed by atoms with Gasteiger partial charge in [-0.25, -0.2) is 8.42 Å². The zero-order valence-corrected chi connectivity index (χ0v) is 17.6. The minimum atomic E-state index is -3.50. The summed E-state index contributed by atoms with van der Waals surface area (Å²) < 4.78 is 34.5. The molecule has 2 heterocycles. The van der Waals surface area contributed by atoms with E-state index in [1.54, 1.807) is 4.31 Å². The SMILES string of the molecule is O=S(=O)(c1ccc2c(c1)CCCC2)N(CCN1CCOCC1)C1CCCNC1. The quantitative estimate of drug-likeness (QED) is 0.777. The highest BCUT2D eigenvalue weighted by molar-refractivity contribution is 7.89. The molecule has 0 bridgehead atoms. The number of rotatable bonds is 6. The Bertz CT molecular complexity index is 756. The lowest BCUT2D eigenvalue weighted by Gasteiger charge is -2.36. The maximum Gasteiger partial charge on any atom is 0.243 e. The molecular weight excluding hydrogens is 374 g/mol. The van der Waals surface area contributed by atoms with Crippen molar-refractivity contribution in [1.29, 1.82) is 0 Å². The lowest BCUT2D eigenvalue weighted by Crippen LogP contribution is -2.51. The van der Waals surface area contributed by atoms with E-state index in [1.807, 2.05) is 18.2 Å². The first kappa shape index (κ1) is 20.3. The Morgan fingerprint density at radius 3 is 2.64 bits per heavy atom. The molecule has 28 heavy (non-hydrogen) atoms. The van der Waals surface area contributed by atoms with Crippen LogP contribution in [0.1, 0.15) is 36.8 Å². The second-order valence-corrected chi connectivity index (χ2v) is 10.1. The number of sulfonamides is 1. The molecule has 6 nitrogen and oxygen atoms in total. The van der Waals surface area contributed by atoms with E-state index in [0.717, 1.165) is 78.0 Å². The molecule has 0 aromatic heterocycles. The molecular formula is C21H33N3O3S. The van der Waals surface area contributed by atoms with Crippen LogP contribution in [0.5, 0.6) is 0 Å². The van der Waals surface area contributed by atoms with Gasteiger partial charge >= 0.3 is 0 Å². The van der Waals surface area contributed by atoms with E-state index in [0.29, 0.717) is 11.4 Å². The van der Waals surface area contributed by atoms with Gasteiger partial charge in [-0.05, 0) is 68.3 Å². The van der Waals surface area contributed by atoms with Crippen LogP contribution in [0.3, 0.4) is 0 Å². The summed E-state index contributed by atoms with van der Waals surface area (Å²) in [4.78, 5) is 2.79. The fraction of sp³-hybridized carbons (Fsp3) is 0.714. The van der Waals surface area contributed by atoms with Crippen molar-refractivity contribution < 1.29 is 13.2 Å². The third-order valence-corrected chi connectivity index (χ3v) is 8.29. The fourth-order valence-electron chi connectivity index (χ4n) is 4.65. The van der Waals surface area contributed by atoms with Crippen molar-refractivity contribution in [2.45, 2.75) is 49.5 Å². The Kier molecular flexibility index (Phi) is 6.68. The van der Waals surface area contributed by atoms with E-state index in [9.17, 15) is 8.42 Å². The third kappa shape index (κ3) is 4.60. The number of nitrogens with zero attached hydrogens (tertiary/aromatic N) is 2. The molecule has 2 saturated heterocycles. The molecule has 2 aliphatic heterocycles. The minimum Gasteiger partial charge on any atom is -0.379 e. The standard InChI is InChI=1S/C21H33N3O3S/c25-28(26,21-8-7-18-4-1-2-5-19(18)16-21)24(20-6-3-9-22-17-20)11-10-23-12-14-27-15-13-23/h7-8,16,20,22H,1-6,9-15,17H2. The number of fused-ring (bicyclic) bond motifs is 1. The van der Waals surface area contributed by atoms with Gasteiger partial charge in [0.2, 0.25) is 10.0 Å². The highest BCUT2D eigenvalue weighted by atomic mass is 32.2. The van der Waals surface area contributed by atoms with Gasteiger partial charge in [0.1, 0.15) is 0 Å². The van der Waals surface area contributed by atoms with Crippen molar-refractivity contribution in [3.63, 3.8) is 0 Å². The number of benzene rings is 1. The lowest BCUT2D eigenvalue weighted by molar-refractivity contribution is 0.0350. The fourth-order valence-corrected chi connectivity index (χ4v) is 6.35. The third-order valence-electron chi connectivity index (χ3n) is 6.35. The minimum absolute atomic E-state index is 0.0378. The van der Waals surface area contributed by atoms with Crippen molar-refractivity contribution in [3.05, 3.63) is 29.3 Å². The maximum atomic E-state index is 13.6. The maximum absolute atomic E-state index is 13.6. The van der Waals surface area contributed by atoms with Gasteiger partial charge in [0.15, 0.2) is 0 Å². The van der Waals surface area contributed by atoms with Crippen molar-refractivity contribution >= 4 is 10.0 Å². The summed E-state index contributed by atoms with van der Waals surface area (Å²) in [5.74, 6) is 0. The summed E-state index contributed by atoms with van der Waals surface area (Å²) >= 11 is 0. The number of hydrogen-bond acceptors (Lipinski definition) is 5. The molecule has 2 fully saturated rings. The Morgan fingerprint density at radius 1 is 1.11 bits per heavy atom. The summed E-state index contributed by atoms with van der Waals surface area (Å²) in [6.07, 6.45) is 6.39. The average molecular weight is 408 g/mol. The van der Waals surface area contributed by atoms with Crippen molar-refractivity contribution in [1.82, 2.24) is 14.5 Å². The first-order valence-electron chi connectivity index (χ1n) is 10.8. The molecule has 0 amide bonds. The Balaban J connectivity index is 1.56. The smallest absolute Gasteiger partial charge is 0.243 e. The number of nitrogens with one attached hydrogen (secondary N) is 1. The van der Waals surface area contributed by atoms with Gasteiger partial charge < -0.3 is 10.1 Å².